The van der Waals surface area contributed by atoms with Crippen molar-refractivity contribution in [2.24, 2.45) is 5.73 Å². The van der Waals surface area contributed by atoms with Gasteiger partial charge in [0, 0.05) is 6.54 Å². The van der Waals surface area contributed by atoms with Crippen molar-refractivity contribution in [1.82, 2.24) is 0 Å². The highest BCUT2D eigenvalue weighted by Gasteiger charge is 2.28. The van der Waals surface area contributed by atoms with Gasteiger partial charge in [0.25, 0.3) is 0 Å². The van der Waals surface area contributed by atoms with E-state index in [-0.39, 0.29) is 19.6 Å². The summed E-state index contributed by atoms with van der Waals surface area (Å²) in [6, 6.07) is 0. The Morgan fingerprint density at radius 2 is 1.12 bits per heavy atom. The van der Waals surface area contributed by atoms with E-state index in [1.54, 1.807) is 0 Å². The van der Waals surface area contributed by atoms with Gasteiger partial charge in [-0.2, -0.15) is 0 Å². The summed E-state index contributed by atoms with van der Waals surface area (Å²) in [7, 11) is -4.48. The second-order valence-electron chi connectivity index (χ2n) is 13.6. The topological polar surface area (TPSA) is 178 Å². The number of aliphatic hydroxyl groups excluding tert-OH is 3. The predicted octanol–water partition coefficient (Wildman–Crippen LogP) is 8.40. The number of nitrogens with two attached hydrogens (primary N) is 1. The Hall–Kier alpha value is -0.880. The van der Waals surface area contributed by atoms with Crippen molar-refractivity contribution in [3.05, 3.63) is 12.2 Å². The fourth-order valence-electron chi connectivity index (χ4n) is 5.57. The van der Waals surface area contributed by atoms with Crippen LogP contribution in [0.25, 0.3) is 0 Å². The average Bonchev–Trinajstić information content (AvgIpc) is 3.10. The fraction of sp³-hybridized carbons (Fsp3) is 0.921. The molecule has 0 aliphatic heterocycles. The van der Waals surface area contributed by atoms with E-state index in [2.05, 4.69) is 26.0 Å². The Morgan fingerprint density at radius 1 is 0.660 bits per heavy atom. The van der Waals surface area contributed by atoms with E-state index in [1.165, 1.54) is 83.5 Å². The van der Waals surface area contributed by atoms with Crippen LogP contribution in [0.3, 0.4) is 0 Å². The molecule has 0 aliphatic rings. The molecule has 0 aromatic heterocycles. The summed E-state index contributed by atoms with van der Waals surface area (Å²) < 4.78 is 32.5. The standard InChI is InChI=1S/C38H76NO10P/c1-3-5-7-9-11-13-15-17-19-20-22-24-26-28-35(40)37(42)46-32-34(33-48-50(44,45)47-31-30-39)49-38(43)36(41)29-27-25-23-21-18-16-14-12-10-8-6-4-2/h15,17,34-37,40-42H,3-14,16,18-33,39H2,1-2H3,(H,44,45)/b17-15-/t34-,35-,36+,37?/m1/s1. The van der Waals surface area contributed by atoms with E-state index in [0.29, 0.717) is 19.3 Å². The van der Waals surface area contributed by atoms with Gasteiger partial charge in [0.15, 0.2) is 12.4 Å². The molecule has 0 aromatic carbocycles. The van der Waals surface area contributed by atoms with E-state index in [1.807, 2.05) is 0 Å². The van der Waals surface area contributed by atoms with Crippen LogP contribution in [-0.2, 0) is 27.9 Å². The van der Waals surface area contributed by atoms with Gasteiger partial charge in [0.05, 0.1) is 19.8 Å². The van der Waals surface area contributed by atoms with Crippen molar-refractivity contribution in [2.45, 2.75) is 199 Å². The van der Waals surface area contributed by atoms with Gasteiger partial charge in [-0.15, -0.1) is 0 Å². The minimum absolute atomic E-state index is 0.00113. The number of aliphatic hydroxyl groups is 3. The average molecular weight is 738 g/mol. The molecule has 50 heavy (non-hydrogen) atoms. The second kappa shape index (κ2) is 35.2. The van der Waals surface area contributed by atoms with Gasteiger partial charge in [-0.25, -0.2) is 9.36 Å². The van der Waals surface area contributed by atoms with Crippen LogP contribution in [0.1, 0.15) is 174 Å². The van der Waals surface area contributed by atoms with Crippen LogP contribution in [0.2, 0.25) is 0 Å². The third kappa shape index (κ3) is 31.8. The van der Waals surface area contributed by atoms with E-state index in [0.717, 1.165) is 51.4 Å². The number of rotatable bonds is 38. The summed E-state index contributed by atoms with van der Waals surface area (Å²) in [5.74, 6) is -0.919. The monoisotopic (exact) mass is 738 g/mol. The van der Waals surface area contributed by atoms with E-state index in [4.69, 9.17) is 24.3 Å². The third-order valence-corrected chi connectivity index (χ3v) is 9.71. The van der Waals surface area contributed by atoms with Crippen LogP contribution in [0.5, 0.6) is 0 Å². The Kier molecular flexibility index (Phi) is 34.5. The first kappa shape index (κ1) is 49.1. The van der Waals surface area contributed by atoms with Gasteiger partial charge in [-0.3, -0.25) is 9.05 Å². The van der Waals surface area contributed by atoms with Crippen molar-refractivity contribution in [3.8, 4) is 0 Å². The fourth-order valence-corrected chi connectivity index (χ4v) is 6.33. The zero-order chi connectivity index (χ0) is 37.1. The number of hydrogen-bond donors (Lipinski definition) is 5. The maximum absolute atomic E-state index is 12.6. The molecule has 298 valence electrons. The van der Waals surface area contributed by atoms with Gasteiger partial charge in [-0.05, 0) is 38.5 Å². The largest absolute Gasteiger partial charge is 0.472 e. The molecule has 0 aliphatic carbocycles. The minimum atomic E-state index is -4.48. The molecule has 0 amide bonds. The molecular weight excluding hydrogens is 661 g/mol. The molecule has 12 heteroatoms. The molecule has 0 heterocycles. The van der Waals surface area contributed by atoms with Crippen LogP contribution < -0.4 is 5.73 Å². The van der Waals surface area contributed by atoms with Crippen LogP contribution in [-0.4, -0.2) is 77.1 Å². The Bertz CT molecular complexity index is 833. The van der Waals surface area contributed by atoms with Crippen molar-refractivity contribution in [2.75, 3.05) is 26.4 Å². The summed E-state index contributed by atoms with van der Waals surface area (Å²) in [5, 5.41) is 31.2. The molecule has 5 atom stereocenters. The van der Waals surface area contributed by atoms with E-state index in [9.17, 15) is 29.6 Å². The zero-order valence-electron chi connectivity index (χ0n) is 31.7. The molecule has 6 N–H and O–H groups in total. The number of esters is 1. The molecule has 0 spiro atoms. The number of phosphoric ester groups is 1. The highest BCUT2D eigenvalue weighted by molar-refractivity contribution is 7.47. The first-order valence-electron chi connectivity index (χ1n) is 20.0. The van der Waals surface area contributed by atoms with Crippen molar-refractivity contribution in [1.29, 1.82) is 0 Å². The maximum Gasteiger partial charge on any atom is 0.472 e. The van der Waals surface area contributed by atoms with Gasteiger partial charge >= 0.3 is 13.8 Å². The van der Waals surface area contributed by atoms with Crippen LogP contribution in [0, 0.1) is 0 Å². The van der Waals surface area contributed by atoms with Gasteiger partial charge in [0.1, 0.15) is 12.2 Å². The maximum atomic E-state index is 12.6. The third-order valence-electron chi connectivity index (χ3n) is 8.73. The molecule has 0 bridgehead atoms. The van der Waals surface area contributed by atoms with Gasteiger partial charge in [0.2, 0.25) is 0 Å². The number of hydrogen-bond acceptors (Lipinski definition) is 10. The first-order valence-corrected chi connectivity index (χ1v) is 21.5. The van der Waals surface area contributed by atoms with Crippen LogP contribution in [0.4, 0.5) is 0 Å². The summed E-state index contributed by atoms with van der Waals surface area (Å²) >= 11 is 0. The summed E-state index contributed by atoms with van der Waals surface area (Å²) in [6.07, 6.45) is 26.1. The lowest BCUT2D eigenvalue weighted by Crippen LogP contribution is -2.37. The molecule has 0 saturated carbocycles. The number of carbonyl (C=O) groups excluding carboxylic acids is 1. The van der Waals surface area contributed by atoms with Crippen molar-refractivity contribution in [3.63, 3.8) is 0 Å². The molecule has 0 radical (unpaired) electrons. The van der Waals surface area contributed by atoms with Crippen LogP contribution >= 0.6 is 7.82 Å². The minimum Gasteiger partial charge on any atom is -0.456 e. The number of phosphoric acid groups is 1. The highest BCUT2D eigenvalue weighted by Crippen LogP contribution is 2.43. The summed E-state index contributed by atoms with van der Waals surface area (Å²) in [6.45, 7) is 3.21. The van der Waals surface area contributed by atoms with E-state index >= 15 is 0 Å². The molecule has 11 nitrogen and oxygen atoms in total. The quantitative estimate of drug-likeness (QED) is 0.0135. The Balaban J connectivity index is 4.45. The molecule has 0 saturated heterocycles. The number of carbonyl (C=O) groups is 1. The number of unbranched alkanes of at least 4 members (excludes halogenated alkanes) is 20. The Labute approximate surface area is 304 Å². The lowest BCUT2D eigenvalue weighted by Gasteiger charge is -2.24. The highest BCUT2D eigenvalue weighted by atomic mass is 31.2. The summed E-state index contributed by atoms with van der Waals surface area (Å²) in [5.41, 5.74) is 5.32. The van der Waals surface area contributed by atoms with E-state index < -0.39 is 51.6 Å². The lowest BCUT2D eigenvalue weighted by molar-refractivity contribution is -0.192. The van der Waals surface area contributed by atoms with Crippen molar-refractivity contribution >= 4 is 13.8 Å². The Morgan fingerprint density at radius 3 is 1.62 bits per heavy atom. The molecule has 0 rings (SSSR count). The summed E-state index contributed by atoms with van der Waals surface area (Å²) in [4.78, 5) is 22.5. The van der Waals surface area contributed by atoms with Gasteiger partial charge in [-0.1, -0.05) is 148 Å². The zero-order valence-corrected chi connectivity index (χ0v) is 32.6. The van der Waals surface area contributed by atoms with Gasteiger partial charge < -0.3 is 35.4 Å². The van der Waals surface area contributed by atoms with Crippen LogP contribution in [0.15, 0.2) is 12.2 Å². The number of allylic oxidation sites excluding steroid dienone is 2. The molecular formula is C38H76NO10P. The first-order chi connectivity index (χ1) is 24.2. The second-order valence-corrected chi connectivity index (χ2v) is 15.0. The van der Waals surface area contributed by atoms with Crippen molar-refractivity contribution < 1.29 is 48.1 Å². The normalized spacial score (nSPS) is 15.6. The molecule has 2 unspecified atom stereocenters. The number of ether oxygens (including phenoxy) is 2. The molecule has 0 aromatic rings. The molecule has 0 fully saturated rings. The lowest BCUT2D eigenvalue weighted by atomic mass is 10.0. The SMILES string of the molecule is CCCCCCC/C=C\CCCCCC[C@@H](O)C(O)OC[C@H](COP(=O)(O)OCCN)OC(=O)[C@@H](O)CCCCCCCCCCCCCC. The smallest absolute Gasteiger partial charge is 0.456 e. The predicted molar refractivity (Wildman–Crippen MR) is 201 cm³/mol.